The molecule has 0 spiro atoms. The normalized spacial score (nSPS) is 12.3. The molecule has 0 aliphatic heterocycles. The maximum Gasteiger partial charge on any atom is 0.272 e. The van der Waals surface area contributed by atoms with Crippen LogP contribution in [-0.4, -0.2) is 35.4 Å². The zero-order chi connectivity index (χ0) is 11.4. The van der Waals surface area contributed by atoms with Crippen LogP contribution in [0.3, 0.4) is 0 Å². The van der Waals surface area contributed by atoms with Gasteiger partial charge in [-0.15, -0.1) is 0 Å². The first-order chi connectivity index (χ1) is 7.07. The zero-order valence-electron chi connectivity index (χ0n) is 9.40. The van der Waals surface area contributed by atoms with Crippen LogP contribution in [-0.2, 0) is 0 Å². The van der Waals surface area contributed by atoms with Crippen molar-refractivity contribution in [3.63, 3.8) is 0 Å². The van der Waals surface area contributed by atoms with E-state index in [-0.39, 0.29) is 11.9 Å². The van der Waals surface area contributed by atoms with Crippen molar-refractivity contribution < 1.29 is 4.79 Å². The highest BCUT2D eigenvalue weighted by Gasteiger charge is 2.18. The van der Waals surface area contributed by atoms with Gasteiger partial charge in [-0.2, -0.15) is 0 Å². The van der Waals surface area contributed by atoms with Crippen LogP contribution in [0.15, 0.2) is 18.3 Å². The van der Waals surface area contributed by atoms with E-state index in [1.54, 1.807) is 18.1 Å². The van der Waals surface area contributed by atoms with E-state index >= 15 is 0 Å². The Bertz CT molecular complexity index is 351. The molecule has 0 aromatic carbocycles. The number of rotatable bonds is 3. The second-order valence-electron chi connectivity index (χ2n) is 3.67. The third-order valence-corrected chi connectivity index (χ3v) is 2.53. The van der Waals surface area contributed by atoms with Gasteiger partial charge >= 0.3 is 0 Å². The SMILES string of the molecule is Cc1cccnc1C(=O)N(C)C(C)CN. The Labute approximate surface area is 90.1 Å². The number of carbonyl (C=O) groups is 1. The van der Waals surface area contributed by atoms with Crippen LogP contribution >= 0.6 is 0 Å². The predicted molar refractivity (Wildman–Crippen MR) is 59.6 cm³/mol. The fourth-order valence-corrected chi connectivity index (χ4v) is 1.23. The van der Waals surface area contributed by atoms with E-state index in [1.165, 1.54) is 0 Å². The molecule has 1 atom stereocenters. The summed E-state index contributed by atoms with van der Waals surface area (Å²) in [5.74, 6) is -0.0777. The fraction of sp³-hybridized carbons (Fsp3) is 0.455. The number of amides is 1. The Morgan fingerprint density at radius 1 is 1.67 bits per heavy atom. The van der Waals surface area contributed by atoms with Crippen LogP contribution in [0.1, 0.15) is 23.0 Å². The summed E-state index contributed by atoms with van der Waals surface area (Å²) in [6.45, 7) is 4.24. The molecule has 1 amide bonds. The van der Waals surface area contributed by atoms with Crippen molar-refractivity contribution in [1.29, 1.82) is 0 Å². The van der Waals surface area contributed by atoms with Gasteiger partial charge in [-0.25, -0.2) is 0 Å². The van der Waals surface area contributed by atoms with Crippen LogP contribution < -0.4 is 5.73 Å². The molecule has 2 N–H and O–H groups in total. The van der Waals surface area contributed by atoms with E-state index in [2.05, 4.69) is 4.98 Å². The van der Waals surface area contributed by atoms with Gasteiger partial charge in [-0.05, 0) is 25.5 Å². The van der Waals surface area contributed by atoms with E-state index in [0.29, 0.717) is 12.2 Å². The summed E-state index contributed by atoms with van der Waals surface area (Å²) < 4.78 is 0. The topological polar surface area (TPSA) is 59.2 Å². The van der Waals surface area contributed by atoms with Gasteiger partial charge in [0.1, 0.15) is 5.69 Å². The number of aryl methyl sites for hydroxylation is 1. The quantitative estimate of drug-likeness (QED) is 0.798. The van der Waals surface area contributed by atoms with Crippen molar-refractivity contribution in [3.05, 3.63) is 29.6 Å². The monoisotopic (exact) mass is 207 g/mol. The Morgan fingerprint density at radius 3 is 2.87 bits per heavy atom. The highest BCUT2D eigenvalue weighted by atomic mass is 16.2. The molecule has 0 bridgehead atoms. The van der Waals surface area contributed by atoms with Crippen LogP contribution in [0, 0.1) is 6.92 Å². The number of hydrogen-bond donors (Lipinski definition) is 1. The molecule has 0 aliphatic carbocycles. The lowest BCUT2D eigenvalue weighted by Gasteiger charge is -2.23. The lowest BCUT2D eigenvalue weighted by atomic mass is 10.2. The average Bonchev–Trinajstić information content (AvgIpc) is 2.26. The molecule has 82 valence electrons. The van der Waals surface area contributed by atoms with Crippen LogP contribution in [0.2, 0.25) is 0 Å². The maximum atomic E-state index is 12.0. The molecule has 1 aromatic heterocycles. The molecule has 1 rings (SSSR count). The van der Waals surface area contributed by atoms with Crippen molar-refractivity contribution >= 4 is 5.91 Å². The van der Waals surface area contributed by atoms with Crippen LogP contribution in [0.25, 0.3) is 0 Å². The summed E-state index contributed by atoms with van der Waals surface area (Å²) in [5.41, 5.74) is 6.90. The summed E-state index contributed by atoms with van der Waals surface area (Å²) >= 11 is 0. The molecule has 1 heterocycles. The lowest BCUT2D eigenvalue weighted by molar-refractivity contribution is 0.0741. The predicted octanol–water partition coefficient (Wildman–Crippen LogP) is 0.809. The first kappa shape index (κ1) is 11.7. The van der Waals surface area contributed by atoms with Gasteiger partial charge in [0, 0.05) is 25.8 Å². The Morgan fingerprint density at radius 2 is 2.33 bits per heavy atom. The van der Waals surface area contributed by atoms with Crippen molar-refractivity contribution in [2.45, 2.75) is 19.9 Å². The zero-order valence-corrected chi connectivity index (χ0v) is 9.40. The highest BCUT2D eigenvalue weighted by Crippen LogP contribution is 2.08. The minimum absolute atomic E-state index is 0.0268. The maximum absolute atomic E-state index is 12.0. The molecule has 0 radical (unpaired) electrons. The summed E-state index contributed by atoms with van der Waals surface area (Å²) in [6.07, 6.45) is 1.63. The van der Waals surface area contributed by atoms with Crippen LogP contribution in [0.4, 0.5) is 0 Å². The molecule has 1 aromatic rings. The van der Waals surface area contributed by atoms with Crippen molar-refractivity contribution in [1.82, 2.24) is 9.88 Å². The van der Waals surface area contributed by atoms with Gasteiger partial charge in [-0.1, -0.05) is 6.07 Å². The third kappa shape index (κ3) is 2.53. The van der Waals surface area contributed by atoms with E-state index in [0.717, 1.165) is 5.56 Å². The highest BCUT2D eigenvalue weighted by molar-refractivity contribution is 5.93. The fourth-order valence-electron chi connectivity index (χ4n) is 1.23. The summed E-state index contributed by atoms with van der Waals surface area (Å²) in [7, 11) is 1.74. The minimum atomic E-state index is -0.0777. The Balaban J connectivity index is 2.90. The largest absolute Gasteiger partial charge is 0.336 e. The molecule has 15 heavy (non-hydrogen) atoms. The van der Waals surface area contributed by atoms with Crippen molar-refractivity contribution in [2.24, 2.45) is 5.73 Å². The number of nitrogens with zero attached hydrogens (tertiary/aromatic N) is 2. The van der Waals surface area contributed by atoms with E-state index in [9.17, 15) is 4.79 Å². The number of carbonyl (C=O) groups excluding carboxylic acids is 1. The van der Waals surface area contributed by atoms with Gasteiger partial charge in [0.2, 0.25) is 0 Å². The summed E-state index contributed by atoms with van der Waals surface area (Å²) in [6, 6.07) is 3.72. The first-order valence-corrected chi connectivity index (χ1v) is 4.96. The first-order valence-electron chi connectivity index (χ1n) is 4.96. The van der Waals surface area contributed by atoms with Gasteiger partial charge in [0.15, 0.2) is 0 Å². The van der Waals surface area contributed by atoms with E-state index in [4.69, 9.17) is 5.73 Å². The molecule has 0 saturated carbocycles. The van der Waals surface area contributed by atoms with Crippen molar-refractivity contribution in [3.8, 4) is 0 Å². The van der Waals surface area contributed by atoms with Gasteiger partial charge in [-0.3, -0.25) is 9.78 Å². The summed E-state index contributed by atoms with van der Waals surface area (Å²) in [4.78, 5) is 17.7. The van der Waals surface area contributed by atoms with E-state index < -0.39 is 0 Å². The van der Waals surface area contributed by atoms with E-state index in [1.807, 2.05) is 26.0 Å². The molecule has 4 heteroatoms. The number of likely N-dealkylation sites (N-methyl/N-ethyl adjacent to an activating group) is 1. The molecule has 0 aliphatic rings. The van der Waals surface area contributed by atoms with Crippen LogP contribution in [0.5, 0.6) is 0 Å². The van der Waals surface area contributed by atoms with Gasteiger partial charge in [0.25, 0.3) is 5.91 Å². The van der Waals surface area contributed by atoms with Gasteiger partial charge in [0.05, 0.1) is 0 Å². The third-order valence-electron chi connectivity index (χ3n) is 2.53. The smallest absolute Gasteiger partial charge is 0.272 e. The number of aromatic nitrogens is 1. The molecule has 4 nitrogen and oxygen atoms in total. The number of nitrogens with two attached hydrogens (primary N) is 1. The average molecular weight is 207 g/mol. The number of hydrogen-bond acceptors (Lipinski definition) is 3. The molecular weight excluding hydrogens is 190 g/mol. The van der Waals surface area contributed by atoms with Gasteiger partial charge < -0.3 is 10.6 Å². The molecule has 0 fully saturated rings. The summed E-state index contributed by atoms with van der Waals surface area (Å²) in [5, 5.41) is 0. The Kier molecular flexibility index (Phi) is 3.80. The lowest BCUT2D eigenvalue weighted by Crippen LogP contribution is -2.40. The number of pyridine rings is 1. The Hall–Kier alpha value is -1.42. The second-order valence-corrected chi connectivity index (χ2v) is 3.67. The second kappa shape index (κ2) is 4.89. The molecular formula is C11H17N3O. The van der Waals surface area contributed by atoms with Crippen molar-refractivity contribution in [2.75, 3.05) is 13.6 Å². The minimum Gasteiger partial charge on any atom is -0.336 e. The molecule has 1 unspecified atom stereocenters. The molecule has 0 saturated heterocycles. The standard InChI is InChI=1S/C11H17N3O/c1-8-5-4-6-13-10(8)11(15)14(3)9(2)7-12/h4-6,9H,7,12H2,1-3H3.